The van der Waals surface area contributed by atoms with Crippen LogP contribution in [0.25, 0.3) is 0 Å². The van der Waals surface area contributed by atoms with E-state index in [0.29, 0.717) is 24.2 Å². The van der Waals surface area contributed by atoms with Crippen LogP contribution in [-0.4, -0.2) is 30.3 Å². The highest BCUT2D eigenvalue weighted by molar-refractivity contribution is 6.09. The fourth-order valence-electron chi connectivity index (χ4n) is 3.89. The van der Waals surface area contributed by atoms with Crippen LogP contribution in [0.3, 0.4) is 0 Å². The fraction of sp³-hybridized carbons (Fsp3) is 0.240. The van der Waals surface area contributed by atoms with Gasteiger partial charge in [0.2, 0.25) is 11.8 Å². The molecule has 1 aliphatic rings. The lowest BCUT2D eigenvalue weighted by molar-refractivity contribution is -0.121. The molecule has 3 N–H and O–H groups in total. The average molecular weight is 449 g/mol. The average Bonchev–Trinajstić information content (AvgIpc) is 3.31. The number of furan rings is 1. The van der Waals surface area contributed by atoms with Crippen molar-refractivity contribution in [3.05, 3.63) is 89.6 Å². The van der Waals surface area contributed by atoms with Gasteiger partial charge in [0.25, 0.3) is 5.91 Å². The van der Waals surface area contributed by atoms with Crippen LogP contribution in [0.15, 0.2) is 71.3 Å². The zero-order chi connectivity index (χ0) is 23.2. The lowest BCUT2D eigenvalue weighted by atomic mass is 9.93. The second kappa shape index (κ2) is 10.1. The summed E-state index contributed by atoms with van der Waals surface area (Å²) in [6, 6.07) is 15.8. The molecule has 0 spiro atoms. The highest BCUT2D eigenvalue weighted by Gasteiger charge is 2.28. The highest BCUT2D eigenvalue weighted by Crippen LogP contribution is 2.28. The molecule has 1 aliphatic heterocycles. The monoisotopic (exact) mass is 449 g/mol. The number of para-hydroxylation sites is 1. The second-order valence-corrected chi connectivity index (χ2v) is 7.86. The predicted octanol–water partition coefficient (Wildman–Crippen LogP) is 3.59. The number of amides is 3. The molecule has 33 heavy (non-hydrogen) atoms. The number of rotatable bonds is 8. The molecule has 0 saturated carbocycles. The van der Waals surface area contributed by atoms with Crippen molar-refractivity contribution in [3.8, 4) is 0 Å². The number of halogens is 1. The topological polar surface area (TPSA) is 100 Å². The Labute approximate surface area is 190 Å². The molecule has 0 aliphatic carbocycles. The van der Waals surface area contributed by atoms with Gasteiger partial charge in [-0.3, -0.25) is 14.4 Å². The Balaban J connectivity index is 1.29. The third-order valence-electron chi connectivity index (χ3n) is 5.63. The van der Waals surface area contributed by atoms with E-state index in [1.54, 1.807) is 48.7 Å². The molecule has 2 atom stereocenters. The van der Waals surface area contributed by atoms with Gasteiger partial charge < -0.3 is 20.4 Å². The van der Waals surface area contributed by atoms with Crippen molar-refractivity contribution < 1.29 is 23.2 Å². The maximum atomic E-state index is 13.3. The first-order chi connectivity index (χ1) is 16.0. The van der Waals surface area contributed by atoms with Gasteiger partial charge in [-0.15, -0.1) is 0 Å². The molecule has 0 bridgehead atoms. The summed E-state index contributed by atoms with van der Waals surface area (Å²) in [5.74, 6) is -0.649. The number of hydrogen-bond acceptors (Lipinski definition) is 4. The van der Waals surface area contributed by atoms with Crippen molar-refractivity contribution in [3.63, 3.8) is 0 Å². The van der Waals surface area contributed by atoms with Crippen molar-refractivity contribution in [2.45, 2.75) is 31.2 Å². The van der Waals surface area contributed by atoms with Crippen molar-refractivity contribution in [1.82, 2.24) is 10.6 Å². The van der Waals surface area contributed by atoms with Crippen molar-refractivity contribution in [2.75, 3.05) is 11.9 Å². The fourth-order valence-corrected chi connectivity index (χ4v) is 3.89. The van der Waals surface area contributed by atoms with E-state index in [0.717, 1.165) is 11.3 Å². The van der Waals surface area contributed by atoms with E-state index < -0.39 is 6.04 Å². The van der Waals surface area contributed by atoms with Gasteiger partial charge in [0.15, 0.2) is 0 Å². The molecule has 170 valence electrons. The van der Waals surface area contributed by atoms with Crippen molar-refractivity contribution >= 4 is 23.4 Å². The Bertz CT molecular complexity index is 1130. The van der Waals surface area contributed by atoms with E-state index in [1.165, 1.54) is 12.1 Å². The van der Waals surface area contributed by atoms with Crippen LogP contribution in [0.5, 0.6) is 0 Å². The van der Waals surface area contributed by atoms with E-state index in [9.17, 15) is 18.8 Å². The summed E-state index contributed by atoms with van der Waals surface area (Å²) in [6.07, 6.45) is 2.39. The molecular weight excluding hydrogens is 425 g/mol. The SMILES string of the molecule is O=C(CC[C@@H]1NC(=O)c2ccccc2NC1=O)NCC[C@@H](c1ccc(F)cc1)c1ccco1. The molecule has 3 aromatic rings. The summed E-state index contributed by atoms with van der Waals surface area (Å²) in [5.41, 5.74) is 1.73. The zero-order valence-electron chi connectivity index (χ0n) is 17.8. The third kappa shape index (κ3) is 5.46. The Morgan fingerprint density at radius 1 is 1.06 bits per heavy atom. The van der Waals surface area contributed by atoms with Gasteiger partial charge in [-0.1, -0.05) is 24.3 Å². The van der Waals surface area contributed by atoms with E-state index in [4.69, 9.17) is 4.42 Å². The van der Waals surface area contributed by atoms with Crippen molar-refractivity contribution in [1.29, 1.82) is 0 Å². The van der Waals surface area contributed by atoms with Crippen LogP contribution in [-0.2, 0) is 9.59 Å². The molecule has 4 rings (SSSR count). The lowest BCUT2D eigenvalue weighted by Crippen LogP contribution is -2.42. The van der Waals surface area contributed by atoms with E-state index in [1.807, 2.05) is 6.07 Å². The quantitative estimate of drug-likeness (QED) is 0.489. The molecular formula is C25H24FN3O4. The first kappa shape index (κ1) is 22.3. The molecule has 8 heteroatoms. The number of hydrogen-bond donors (Lipinski definition) is 3. The summed E-state index contributed by atoms with van der Waals surface area (Å²) in [5, 5.41) is 8.27. The van der Waals surface area contributed by atoms with Crippen LogP contribution in [0.1, 0.15) is 46.9 Å². The summed E-state index contributed by atoms with van der Waals surface area (Å²) in [4.78, 5) is 37.2. The highest BCUT2D eigenvalue weighted by atomic mass is 19.1. The molecule has 0 unspecified atom stereocenters. The molecule has 2 heterocycles. The smallest absolute Gasteiger partial charge is 0.254 e. The summed E-state index contributed by atoms with van der Waals surface area (Å²) in [6.45, 7) is 0.371. The Kier molecular flexibility index (Phi) is 6.83. The van der Waals surface area contributed by atoms with Gasteiger partial charge in [0.1, 0.15) is 17.6 Å². The number of fused-ring (bicyclic) bond motifs is 1. The summed E-state index contributed by atoms with van der Waals surface area (Å²) in [7, 11) is 0. The number of benzene rings is 2. The maximum absolute atomic E-state index is 13.3. The minimum absolute atomic E-state index is 0.0800. The number of carbonyl (C=O) groups excluding carboxylic acids is 3. The number of anilines is 1. The van der Waals surface area contributed by atoms with Crippen molar-refractivity contribution in [2.24, 2.45) is 0 Å². The Hall–Kier alpha value is -3.94. The minimum Gasteiger partial charge on any atom is -0.469 e. The van der Waals surface area contributed by atoms with Gasteiger partial charge in [0.05, 0.1) is 17.5 Å². The van der Waals surface area contributed by atoms with Gasteiger partial charge in [-0.05, 0) is 54.8 Å². The molecule has 3 amide bonds. The molecule has 7 nitrogen and oxygen atoms in total. The Morgan fingerprint density at radius 3 is 2.61 bits per heavy atom. The predicted molar refractivity (Wildman–Crippen MR) is 120 cm³/mol. The molecule has 0 saturated heterocycles. The Morgan fingerprint density at radius 2 is 1.85 bits per heavy atom. The summed E-state index contributed by atoms with van der Waals surface area (Å²) < 4.78 is 18.8. The first-order valence-corrected chi connectivity index (χ1v) is 10.8. The van der Waals surface area contributed by atoms with Gasteiger partial charge in [-0.25, -0.2) is 4.39 Å². The van der Waals surface area contributed by atoms with Gasteiger partial charge in [0, 0.05) is 18.9 Å². The van der Waals surface area contributed by atoms with Crippen LogP contribution in [0, 0.1) is 5.82 Å². The lowest BCUT2D eigenvalue weighted by Gasteiger charge is -2.17. The zero-order valence-corrected chi connectivity index (χ0v) is 17.8. The normalized spacial score (nSPS) is 16.2. The van der Waals surface area contributed by atoms with E-state index >= 15 is 0 Å². The largest absolute Gasteiger partial charge is 0.469 e. The standard InChI is InChI=1S/C25H24FN3O4/c26-17-9-7-16(8-10-17)18(22-6-3-15-33-22)13-14-27-23(30)12-11-21-25(32)28-20-5-2-1-4-19(20)24(31)29-21/h1-10,15,18,21H,11-14H2,(H,27,30)(H,28,32)(H,29,31)/t18-,21-/m0/s1. The third-order valence-corrected chi connectivity index (χ3v) is 5.63. The van der Waals surface area contributed by atoms with Gasteiger partial charge in [-0.2, -0.15) is 0 Å². The number of nitrogens with one attached hydrogen (secondary N) is 3. The minimum atomic E-state index is -0.800. The van der Waals surface area contributed by atoms with Crippen LogP contribution >= 0.6 is 0 Å². The van der Waals surface area contributed by atoms with Crippen LogP contribution in [0.4, 0.5) is 10.1 Å². The molecule has 0 fully saturated rings. The second-order valence-electron chi connectivity index (χ2n) is 7.86. The maximum Gasteiger partial charge on any atom is 0.254 e. The van der Waals surface area contributed by atoms with E-state index in [2.05, 4.69) is 16.0 Å². The first-order valence-electron chi connectivity index (χ1n) is 10.8. The summed E-state index contributed by atoms with van der Waals surface area (Å²) >= 11 is 0. The molecule has 2 aromatic carbocycles. The van der Waals surface area contributed by atoms with Gasteiger partial charge >= 0.3 is 0 Å². The van der Waals surface area contributed by atoms with Crippen LogP contribution < -0.4 is 16.0 Å². The van der Waals surface area contributed by atoms with Crippen LogP contribution in [0.2, 0.25) is 0 Å². The van der Waals surface area contributed by atoms with E-state index in [-0.39, 0.29) is 42.3 Å². The molecule has 0 radical (unpaired) electrons. The molecule has 1 aromatic heterocycles. The number of carbonyl (C=O) groups is 3.